The van der Waals surface area contributed by atoms with Crippen molar-refractivity contribution in [2.75, 3.05) is 0 Å². The van der Waals surface area contributed by atoms with Gasteiger partial charge in [-0.3, -0.25) is 9.59 Å². The van der Waals surface area contributed by atoms with Crippen LogP contribution in [0.3, 0.4) is 0 Å². The maximum Gasteiger partial charge on any atom is 0.323 e. The number of aliphatic carboxylic acids is 1. The summed E-state index contributed by atoms with van der Waals surface area (Å²) in [7, 11) is 0. The molecule has 128 valence electrons. The number of unbranched alkanes of at least 4 members (excludes halogenated alkanes) is 4. The van der Waals surface area contributed by atoms with E-state index in [1.54, 1.807) is 6.08 Å². The minimum atomic E-state index is -1.48. The largest absolute Gasteiger partial charge is 0.480 e. The zero-order valence-corrected chi connectivity index (χ0v) is 13.3. The van der Waals surface area contributed by atoms with Crippen LogP contribution in [0.1, 0.15) is 58.3 Å². The number of carbonyl (C=O) groups excluding carboxylic acids is 1. The van der Waals surface area contributed by atoms with Crippen molar-refractivity contribution in [3.8, 4) is 0 Å². The predicted molar refractivity (Wildman–Crippen MR) is 84.4 cm³/mol. The van der Waals surface area contributed by atoms with Crippen molar-refractivity contribution in [1.82, 2.24) is 0 Å². The average molecular weight is 315 g/mol. The Bertz CT molecular complexity index is 356. The molecule has 0 saturated heterocycles. The van der Waals surface area contributed by atoms with Crippen molar-refractivity contribution >= 4 is 11.8 Å². The van der Waals surface area contributed by atoms with E-state index in [0.29, 0.717) is 18.6 Å². The van der Waals surface area contributed by atoms with Gasteiger partial charge in [0.05, 0.1) is 6.10 Å². The number of carboxylic acid groups (broad SMARTS) is 1. The topological polar surface area (TPSA) is 121 Å². The van der Waals surface area contributed by atoms with Crippen molar-refractivity contribution in [3.05, 3.63) is 12.2 Å². The van der Waals surface area contributed by atoms with Crippen LogP contribution in [0.4, 0.5) is 0 Å². The maximum atomic E-state index is 11.1. The molecule has 0 fully saturated rings. The average Bonchev–Trinajstić information content (AvgIpc) is 2.50. The zero-order valence-electron chi connectivity index (χ0n) is 13.3. The van der Waals surface area contributed by atoms with Gasteiger partial charge in [-0.05, 0) is 25.7 Å². The zero-order chi connectivity index (χ0) is 17.0. The highest BCUT2D eigenvalue weighted by atomic mass is 16.4. The van der Waals surface area contributed by atoms with Gasteiger partial charge in [-0.25, -0.2) is 0 Å². The molecule has 0 bridgehead atoms. The van der Waals surface area contributed by atoms with Crippen molar-refractivity contribution in [2.24, 2.45) is 5.73 Å². The number of aliphatic hydroxyl groups is 2. The van der Waals surface area contributed by atoms with Crippen LogP contribution in [0.2, 0.25) is 0 Å². The molecular weight excluding hydrogens is 286 g/mol. The molecule has 0 aliphatic rings. The van der Waals surface area contributed by atoms with E-state index in [9.17, 15) is 19.8 Å². The van der Waals surface area contributed by atoms with E-state index in [-0.39, 0.29) is 6.42 Å². The van der Waals surface area contributed by atoms with Crippen LogP contribution in [-0.4, -0.2) is 45.3 Å². The second-order valence-electron chi connectivity index (χ2n) is 5.47. The van der Waals surface area contributed by atoms with Crippen LogP contribution in [0, 0.1) is 0 Å². The second kappa shape index (κ2) is 12.3. The van der Waals surface area contributed by atoms with E-state index < -0.39 is 24.2 Å². The first kappa shape index (κ1) is 20.8. The third-order valence-corrected chi connectivity index (χ3v) is 3.56. The molecule has 6 nitrogen and oxygen atoms in total. The Morgan fingerprint density at radius 3 is 2.32 bits per heavy atom. The van der Waals surface area contributed by atoms with Crippen LogP contribution in [0.5, 0.6) is 0 Å². The Balaban J connectivity index is 3.66. The lowest BCUT2D eigenvalue weighted by molar-refractivity contribution is -0.143. The fourth-order valence-corrected chi connectivity index (χ4v) is 1.99. The predicted octanol–water partition coefficient (Wildman–Crippen LogP) is 1.39. The summed E-state index contributed by atoms with van der Waals surface area (Å²) in [5.41, 5.74) is 5.23. The summed E-state index contributed by atoms with van der Waals surface area (Å²) in [6.07, 6.45) is 7.32. The van der Waals surface area contributed by atoms with Gasteiger partial charge in [-0.15, -0.1) is 0 Å². The molecule has 0 aromatic heterocycles. The minimum Gasteiger partial charge on any atom is -0.480 e. The van der Waals surface area contributed by atoms with Crippen LogP contribution in [0.25, 0.3) is 0 Å². The van der Waals surface area contributed by atoms with Crippen LogP contribution < -0.4 is 5.73 Å². The van der Waals surface area contributed by atoms with Gasteiger partial charge in [0.1, 0.15) is 17.9 Å². The maximum absolute atomic E-state index is 11.1. The Morgan fingerprint density at radius 2 is 1.73 bits per heavy atom. The van der Waals surface area contributed by atoms with E-state index in [0.717, 1.165) is 32.1 Å². The lowest BCUT2D eigenvalue weighted by Gasteiger charge is -2.19. The van der Waals surface area contributed by atoms with Crippen LogP contribution in [-0.2, 0) is 9.59 Å². The van der Waals surface area contributed by atoms with Gasteiger partial charge in [-0.1, -0.05) is 31.9 Å². The van der Waals surface area contributed by atoms with Gasteiger partial charge < -0.3 is 21.1 Å². The number of Topliss-reactive ketones (excluding diaryl/α,β-unsaturated/α-hetero) is 1. The number of hydrogen-bond donors (Lipinski definition) is 4. The molecule has 0 amide bonds. The highest BCUT2D eigenvalue weighted by Crippen LogP contribution is 2.08. The fourth-order valence-electron chi connectivity index (χ4n) is 1.99. The van der Waals surface area contributed by atoms with Gasteiger partial charge in [0.15, 0.2) is 0 Å². The van der Waals surface area contributed by atoms with Gasteiger partial charge in [0.2, 0.25) is 0 Å². The summed E-state index contributed by atoms with van der Waals surface area (Å²) in [6, 6.07) is -1.48. The molecule has 0 aromatic rings. The summed E-state index contributed by atoms with van der Waals surface area (Å²) in [5.74, 6) is -1.02. The van der Waals surface area contributed by atoms with Crippen LogP contribution >= 0.6 is 0 Å². The molecule has 0 aliphatic heterocycles. The van der Waals surface area contributed by atoms with E-state index in [1.165, 1.54) is 0 Å². The SMILES string of the molecule is CCC(=O)CCCCCCC=CCC(O)C(O)C(N)C(=O)O. The Kier molecular flexibility index (Phi) is 11.6. The molecule has 0 heterocycles. The summed E-state index contributed by atoms with van der Waals surface area (Å²) < 4.78 is 0. The number of hydrogen-bond acceptors (Lipinski definition) is 5. The Morgan fingerprint density at radius 1 is 1.09 bits per heavy atom. The first-order chi connectivity index (χ1) is 10.4. The van der Waals surface area contributed by atoms with Crippen molar-refractivity contribution in [1.29, 1.82) is 0 Å². The summed E-state index contributed by atoms with van der Waals surface area (Å²) in [6.45, 7) is 1.88. The molecule has 0 saturated carbocycles. The van der Waals surface area contributed by atoms with E-state index in [1.807, 2.05) is 13.0 Å². The smallest absolute Gasteiger partial charge is 0.323 e. The van der Waals surface area contributed by atoms with Gasteiger partial charge >= 0.3 is 5.97 Å². The fraction of sp³-hybridized carbons (Fsp3) is 0.750. The lowest BCUT2D eigenvalue weighted by atomic mass is 10.0. The van der Waals surface area contributed by atoms with Gasteiger partial charge in [0, 0.05) is 12.8 Å². The van der Waals surface area contributed by atoms with Crippen molar-refractivity contribution < 1.29 is 24.9 Å². The van der Waals surface area contributed by atoms with Crippen molar-refractivity contribution in [2.45, 2.75) is 76.5 Å². The molecule has 0 spiro atoms. The van der Waals surface area contributed by atoms with Gasteiger partial charge in [0.25, 0.3) is 0 Å². The highest BCUT2D eigenvalue weighted by Gasteiger charge is 2.27. The molecule has 5 N–H and O–H groups in total. The Hall–Kier alpha value is -1.24. The molecular formula is C16H29NO5. The van der Waals surface area contributed by atoms with Gasteiger partial charge in [-0.2, -0.15) is 0 Å². The summed E-state index contributed by atoms with van der Waals surface area (Å²) >= 11 is 0. The lowest BCUT2D eigenvalue weighted by Crippen LogP contribution is -2.47. The highest BCUT2D eigenvalue weighted by molar-refractivity contribution is 5.77. The molecule has 22 heavy (non-hydrogen) atoms. The van der Waals surface area contributed by atoms with Crippen LogP contribution in [0.15, 0.2) is 12.2 Å². The number of ketones is 1. The molecule has 3 unspecified atom stereocenters. The number of rotatable bonds is 13. The quantitative estimate of drug-likeness (QED) is 0.301. The molecule has 0 rings (SSSR count). The first-order valence-corrected chi connectivity index (χ1v) is 7.91. The third-order valence-electron chi connectivity index (χ3n) is 3.56. The molecule has 3 atom stereocenters. The standard InChI is InChI=1S/C16H29NO5/c1-2-12(18)10-8-6-4-3-5-7-9-11-13(19)15(20)14(17)16(21)22/h7,9,13-15,19-20H,2-6,8,10-11,17H2,1H3,(H,21,22). The summed E-state index contributed by atoms with van der Waals surface area (Å²) in [5, 5.41) is 27.7. The first-order valence-electron chi connectivity index (χ1n) is 7.91. The van der Waals surface area contributed by atoms with E-state index in [4.69, 9.17) is 10.8 Å². The van der Waals surface area contributed by atoms with E-state index in [2.05, 4.69) is 0 Å². The molecule has 0 aromatic carbocycles. The number of carbonyl (C=O) groups is 2. The van der Waals surface area contributed by atoms with E-state index >= 15 is 0 Å². The number of allylic oxidation sites excluding steroid dienone is 1. The monoisotopic (exact) mass is 315 g/mol. The third kappa shape index (κ3) is 9.65. The second-order valence-corrected chi connectivity index (χ2v) is 5.47. The number of nitrogens with two attached hydrogens (primary N) is 1. The Labute approximate surface area is 132 Å². The molecule has 0 radical (unpaired) electrons. The normalized spacial score (nSPS) is 15.6. The molecule has 6 heteroatoms. The van der Waals surface area contributed by atoms with Crippen molar-refractivity contribution in [3.63, 3.8) is 0 Å². The number of aliphatic hydroxyl groups excluding tert-OH is 2. The minimum absolute atomic E-state index is 0.174. The molecule has 0 aliphatic carbocycles. The summed E-state index contributed by atoms with van der Waals surface area (Å²) in [4.78, 5) is 21.7. The number of carboxylic acids is 1.